The van der Waals surface area contributed by atoms with Crippen LogP contribution in [0, 0.1) is 6.92 Å². The van der Waals surface area contributed by atoms with Gasteiger partial charge in [-0.1, -0.05) is 29.8 Å². The first-order valence-corrected chi connectivity index (χ1v) is 6.41. The van der Waals surface area contributed by atoms with Gasteiger partial charge in [0.15, 0.2) is 0 Å². The lowest BCUT2D eigenvalue weighted by Crippen LogP contribution is -2.42. The summed E-state index contributed by atoms with van der Waals surface area (Å²) >= 11 is 0. The van der Waals surface area contributed by atoms with Crippen molar-refractivity contribution >= 4 is 6.03 Å². The van der Waals surface area contributed by atoms with E-state index in [0.717, 1.165) is 18.4 Å². The summed E-state index contributed by atoms with van der Waals surface area (Å²) in [7, 11) is 0. The van der Waals surface area contributed by atoms with E-state index >= 15 is 0 Å². The molecule has 1 aliphatic rings. The number of urea groups is 1. The first kappa shape index (κ1) is 12.9. The number of nitrogens with one attached hydrogen (secondary N) is 1. The second kappa shape index (κ2) is 5.87. The van der Waals surface area contributed by atoms with Crippen molar-refractivity contribution in [1.82, 2.24) is 10.2 Å². The smallest absolute Gasteiger partial charge is 0.317 e. The van der Waals surface area contributed by atoms with Crippen molar-refractivity contribution in [2.45, 2.75) is 32.4 Å². The molecule has 1 saturated carbocycles. The Kier molecular flexibility index (Phi) is 4.20. The van der Waals surface area contributed by atoms with Crippen LogP contribution >= 0.6 is 0 Å². The summed E-state index contributed by atoms with van der Waals surface area (Å²) in [5.74, 6) is 0. The maximum absolute atomic E-state index is 12.0. The van der Waals surface area contributed by atoms with E-state index in [9.17, 15) is 4.79 Å². The van der Waals surface area contributed by atoms with E-state index in [1.165, 1.54) is 5.56 Å². The van der Waals surface area contributed by atoms with Crippen LogP contribution < -0.4 is 5.32 Å². The third-order valence-corrected chi connectivity index (χ3v) is 3.15. The van der Waals surface area contributed by atoms with Gasteiger partial charge in [0.25, 0.3) is 0 Å². The van der Waals surface area contributed by atoms with Gasteiger partial charge in [0.2, 0.25) is 0 Å². The highest BCUT2D eigenvalue weighted by atomic mass is 16.3. The minimum atomic E-state index is -0.0767. The molecule has 0 aromatic heterocycles. The lowest BCUT2D eigenvalue weighted by atomic mass is 10.1. The standard InChI is InChI=1S/C14H20N2O2/c1-11-2-4-12(5-3-11)10-15-14(18)16(8-9-17)13-6-7-13/h2-5,13,17H,6-10H2,1H3,(H,15,18). The van der Waals surface area contributed by atoms with Crippen LogP contribution in [-0.4, -0.2) is 35.2 Å². The topological polar surface area (TPSA) is 52.6 Å². The Labute approximate surface area is 108 Å². The SMILES string of the molecule is Cc1ccc(CNC(=O)N(CCO)C2CC2)cc1. The molecule has 0 spiro atoms. The first-order valence-electron chi connectivity index (χ1n) is 6.41. The Hall–Kier alpha value is -1.55. The van der Waals surface area contributed by atoms with E-state index in [4.69, 9.17) is 5.11 Å². The predicted molar refractivity (Wildman–Crippen MR) is 70.2 cm³/mol. The number of hydrogen-bond acceptors (Lipinski definition) is 2. The second-order valence-electron chi connectivity index (χ2n) is 4.79. The van der Waals surface area contributed by atoms with Crippen LogP contribution in [0.25, 0.3) is 0 Å². The highest BCUT2D eigenvalue weighted by molar-refractivity contribution is 5.74. The number of carbonyl (C=O) groups is 1. The first-order chi connectivity index (χ1) is 8.70. The summed E-state index contributed by atoms with van der Waals surface area (Å²) in [6.07, 6.45) is 2.11. The van der Waals surface area contributed by atoms with Gasteiger partial charge in [0.1, 0.15) is 0 Å². The molecule has 2 N–H and O–H groups in total. The fourth-order valence-electron chi connectivity index (χ4n) is 1.93. The molecule has 1 aromatic rings. The van der Waals surface area contributed by atoms with Gasteiger partial charge in [-0.25, -0.2) is 4.79 Å². The summed E-state index contributed by atoms with van der Waals surface area (Å²) in [6.45, 7) is 3.02. The molecule has 0 atom stereocenters. The monoisotopic (exact) mass is 248 g/mol. The number of aryl methyl sites for hydroxylation is 1. The summed E-state index contributed by atoms with van der Waals surface area (Å²) in [5.41, 5.74) is 2.30. The van der Waals surface area contributed by atoms with Crippen molar-refractivity contribution in [2.24, 2.45) is 0 Å². The number of aliphatic hydroxyl groups is 1. The quantitative estimate of drug-likeness (QED) is 0.832. The maximum atomic E-state index is 12.0. The molecule has 1 fully saturated rings. The van der Waals surface area contributed by atoms with Crippen molar-refractivity contribution in [3.8, 4) is 0 Å². The third-order valence-electron chi connectivity index (χ3n) is 3.15. The summed E-state index contributed by atoms with van der Waals surface area (Å²) in [5, 5.41) is 11.9. The van der Waals surface area contributed by atoms with Gasteiger partial charge in [-0.05, 0) is 25.3 Å². The molecule has 0 radical (unpaired) electrons. The zero-order chi connectivity index (χ0) is 13.0. The molecular weight excluding hydrogens is 228 g/mol. The molecule has 1 aromatic carbocycles. The van der Waals surface area contributed by atoms with Crippen LogP contribution in [0.3, 0.4) is 0 Å². The lowest BCUT2D eigenvalue weighted by Gasteiger charge is -2.21. The average molecular weight is 248 g/mol. The van der Waals surface area contributed by atoms with Crippen molar-refractivity contribution in [2.75, 3.05) is 13.2 Å². The Bertz CT molecular complexity index is 399. The van der Waals surface area contributed by atoms with Crippen molar-refractivity contribution in [1.29, 1.82) is 0 Å². The Morgan fingerprint density at radius 1 is 1.39 bits per heavy atom. The number of hydrogen-bond donors (Lipinski definition) is 2. The molecule has 0 aliphatic heterocycles. The molecule has 0 heterocycles. The molecule has 1 aliphatic carbocycles. The van der Waals surface area contributed by atoms with Crippen LogP contribution in [0.2, 0.25) is 0 Å². The Morgan fingerprint density at radius 3 is 2.61 bits per heavy atom. The van der Waals surface area contributed by atoms with Crippen molar-refractivity contribution in [3.63, 3.8) is 0 Å². The Balaban J connectivity index is 1.84. The lowest BCUT2D eigenvalue weighted by molar-refractivity contribution is 0.173. The van der Waals surface area contributed by atoms with E-state index in [1.54, 1.807) is 4.90 Å². The van der Waals surface area contributed by atoms with Crippen molar-refractivity contribution < 1.29 is 9.90 Å². The molecule has 4 nitrogen and oxygen atoms in total. The fourth-order valence-corrected chi connectivity index (χ4v) is 1.93. The second-order valence-corrected chi connectivity index (χ2v) is 4.79. The summed E-state index contributed by atoms with van der Waals surface area (Å²) in [6, 6.07) is 8.36. The van der Waals surface area contributed by atoms with Gasteiger partial charge in [-0.2, -0.15) is 0 Å². The van der Waals surface area contributed by atoms with Gasteiger partial charge >= 0.3 is 6.03 Å². The van der Waals surface area contributed by atoms with Gasteiger partial charge < -0.3 is 15.3 Å². The Morgan fingerprint density at radius 2 is 2.06 bits per heavy atom. The van der Waals surface area contributed by atoms with Crippen LogP contribution in [0.5, 0.6) is 0 Å². The normalized spacial score (nSPS) is 14.3. The third kappa shape index (κ3) is 3.47. The van der Waals surface area contributed by atoms with E-state index in [2.05, 4.69) is 5.32 Å². The minimum absolute atomic E-state index is 0.0223. The molecular formula is C14H20N2O2. The van der Waals surface area contributed by atoms with E-state index in [0.29, 0.717) is 19.1 Å². The number of benzene rings is 1. The summed E-state index contributed by atoms with van der Waals surface area (Å²) in [4.78, 5) is 13.7. The van der Waals surface area contributed by atoms with Gasteiger partial charge in [-0.15, -0.1) is 0 Å². The number of amides is 2. The molecule has 4 heteroatoms. The highest BCUT2D eigenvalue weighted by Gasteiger charge is 2.31. The highest BCUT2D eigenvalue weighted by Crippen LogP contribution is 2.26. The van der Waals surface area contributed by atoms with Gasteiger partial charge in [0, 0.05) is 19.1 Å². The fraction of sp³-hybridized carbons (Fsp3) is 0.500. The zero-order valence-electron chi connectivity index (χ0n) is 10.7. The van der Waals surface area contributed by atoms with E-state index in [-0.39, 0.29) is 12.6 Å². The number of rotatable bonds is 5. The molecule has 0 saturated heterocycles. The largest absolute Gasteiger partial charge is 0.395 e. The predicted octanol–water partition coefficient (Wildman–Crippen LogP) is 1.66. The molecule has 0 unspecified atom stereocenters. The molecule has 0 bridgehead atoms. The molecule has 18 heavy (non-hydrogen) atoms. The minimum Gasteiger partial charge on any atom is -0.395 e. The molecule has 2 amide bonds. The van der Waals surface area contributed by atoms with E-state index in [1.807, 2.05) is 31.2 Å². The zero-order valence-corrected chi connectivity index (χ0v) is 10.7. The van der Waals surface area contributed by atoms with Crippen molar-refractivity contribution in [3.05, 3.63) is 35.4 Å². The van der Waals surface area contributed by atoms with Gasteiger partial charge in [0.05, 0.1) is 6.61 Å². The average Bonchev–Trinajstić information content (AvgIpc) is 3.19. The van der Waals surface area contributed by atoms with Crippen LogP contribution in [0.4, 0.5) is 4.79 Å². The van der Waals surface area contributed by atoms with Crippen LogP contribution in [0.1, 0.15) is 24.0 Å². The van der Waals surface area contributed by atoms with Gasteiger partial charge in [-0.3, -0.25) is 0 Å². The number of carbonyl (C=O) groups excluding carboxylic acids is 1. The number of aliphatic hydroxyl groups excluding tert-OH is 1. The summed E-state index contributed by atoms with van der Waals surface area (Å²) < 4.78 is 0. The van der Waals surface area contributed by atoms with Crippen LogP contribution in [-0.2, 0) is 6.54 Å². The van der Waals surface area contributed by atoms with E-state index < -0.39 is 0 Å². The molecule has 2 rings (SSSR count). The maximum Gasteiger partial charge on any atom is 0.317 e. The molecule has 98 valence electrons. The number of nitrogens with zero attached hydrogens (tertiary/aromatic N) is 1. The van der Waals surface area contributed by atoms with Crippen LogP contribution in [0.15, 0.2) is 24.3 Å².